The Hall–Kier alpha value is -3.90. The van der Waals surface area contributed by atoms with Gasteiger partial charge in [-0.2, -0.15) is 0 Å². The van der Waals surface area contributed by atoms with Crippen molar-refractivity contribution in [2.45, 2.75) is 24.7 Å². The van der Waals surface area contributed by atoms with Crippen LogP contribution in [0, 0.1) is 0 Å². The highest BCUT2D eigenvalue weighted by Gasteiger charge is 2.30. The van der Waals surface area contributed by atoms with Crippen molar-refractivity contribution in [3.05, 3.63) is 155 Å². The highest BCUT2D eigenvalue weighted by atomic mass is 14.3. The lowest BCUT2D eigenvalue weighted by Crippen LogP contribution is -2.16. The van der Waals surface area contributed by atoms with Crippen molar-refractivity contribution in [3.63, 3.8) is 0 Å². The molecule has 0 heterocycles. The lowest BCUT2D eigenvalue weighted by atomic mass is 9.71. The van der Waals surface area contributed by atoms with Crippen LogP contribution in [-0.4, -0.2) is 0 Å². The van der Waals surface area contributed by atoms with Crippen molar-refractivity contribution in [2.24, 2.45) is 0 Å². The molecule has 162 valence electrons. The van der Waals surface area contributed by atoms with Crippen LogP contribution in [0.5, 0.6) is 0 Å². The molecule has 0 radical (unpaired) electrons. The van der Waals surface area contributed by atoms with Gasteiger partial charge in [0.1, 0.15) is 0 Å². The topological polar surface area (TPSA) is 0 Å². The van der Waals surface area contributed by atoms with Gasteiger partial charge in [0.05, 0.1) is 0 Å². The molecule has 0 unspecified atom stereocenters. The second-order valence-corrected chi connectivity index (χ2v) is 9.68. The van der Waals surface area contributed by atoms with E-state index in [2.05, 4.69) is 121 Å². The van der Waals surface area contributed by atoms with Gasteiger partial charge < -0.3 is 0 Å². The van der Waals surface area contributed by atoms with Gasteiger partial charge in [-0.3, -0.25) is 0 Å². The van der Waals surface area contributed by atoms with Gasteiger partial charge in [-0.15, -0.1) is 0 Å². The summed E-state index contributed by atoms with van der Waals surface area (Å²) in [7, 11) is 0. The molecule has 0 saturated carbocycles. The van der Waals surface area contributed by atoms with Gasteiger partial charge in [0.25, 0.3) is 0 Å². The third-order valence-electron chi connectivity index (χ3n) is 7.83. The van der Waals surface area contributed by atoms with E-state index < -0.39 is 0 Å². The van der Waals surface area contributed by atoms with E-state index in [1.807, 2.05) is 0 Å². The van der Waals surface area contributed by atoms with Gasteiger partial charge in [0.2, 0.25) is 0 Å². The minimum absolute atomic E-state index is 0.402. The highest BCUT2D eigenvalue weighted by molar-refractivity contribution is 5.83. The largest absolute Gasteiger partial charge is 0.0622 e. The minimum atomic E-state index is 0.402. The predicted octanol–water partition coefficient (Wildman–Crippen LogP) is 8.40. The maximum atomic E-state index is 2.51. The maximum Gasteiger partial charge on any atom is 0.0136 e. The fourth-order valence-electron chi connectivity index (χ4n) is 6.25. The number of rotatable bonds is 2. The van der Waals surface area contributed by atoms with Gasteiger partial charge in [-0.05, 0) is 68.5 Å². The Balaban J connectivity index is 1.41. The molecule has 0 saturated heterocycles. The molecule has 0 bridgehead atoms. The summed E-state index contributed by atoms with van der Waals surface area (Å²) in [6.45, 7) is 0. The second-order valence-electron chi connectivity index (χ2n) is 9.68. The van der Waals surface area contributed by atoms with Crippen LogP contribution in [0.4, 0.5) is 0 Å². The first-order valence-electron chi connectivity index (χ1n) is 12.3. The van der Waals surface area contributed by atoms with Crippen molar-refractivity contribution < 1.29 is 0 Å². The zero-order valence-corrected chi connectivity index (χ0v) is 19.1. The van der Waals surface area contributed by atoms with Crippen LogP contribution in [0.25, 0.3) is 22.3 Å². The smallest absolute Gasteiger partial charge is 0.0136 e. The zero-order chi connectivity index (χ0) is 22.5. The van der Waals surface area contributed by atoms with E-state index in [0.29, 0.717) is 11.8 Å². The lowest BCUT2D eigenvalue weighted by molar-refractivity contribution is 0.778. The molecule has 0 N–H and O–H groups in total. The van der Waals surface area contributed by atoms with Crippen molar-refractivity contribution in [2.75, 3.05) is 0 Å². The average Bonchev–Trinajstić information content (AvgIpc) is 2.92. The summed E-state index contributed by atoms with van der Waals surface area (Å²) < 4.78 is 0. The Morgan fingerprint density at radius 3 is 1.21 bits per heavy atom. The SMILES string of the molecule is c1ccc([C@@H]2Cc3cc4c(cc3-c3ccccc32)C[C@@H](c2ccccc2)c2ccccc2-4)cc1. The molecular weight excluding hydrogens is 408 g/mol. The summed E-state index contributed by atoms with van der Waals surface area (Å²) in [6, 6.07) is 45.1. The molecule has 2 aliphatic rings. The van der Waals surface area contributed by atoms with Gasteiger partial charge in [-0.25, -0.2) is 0 Å². The van der Waals surface area contributed by atoms with E-state index in [4.69, 9.17) is 0 Å². The summed E-state index contributed by atoms with van der Waals surface area (Å²) in [5.74, 6) is 0.803. The molecular formula is C34H26. The summed E-state index contributed by atoms with van der Waals surface area (Å²) in [5.41, 5.74) is 14.3. The Labute approximate surface area is 201 Å². The molecule has 5 aromatic rings. The van der Waals surface area contributed by atoms with Crippen molar-refractivity contribution >= 4 is 0 Å². The van der Waals surface area contributed by atoms with E-state index in [1.165, 1.54) is 55.6 Å². The first-order valence-corrected chi connectivity index (χ1v) is 12.3. The fourth-order valence-corrected chi connectivity index (χ4v) is 6.25. The van der Waals surface area contributed by atoms with Crippen LogP contribution in [0.15, 0.2) is 121 Å². The molecule has 5 aromatic carbocycles. The molecule has 2 aliphatic carbocycles. The van der Waals surface area contributed by atoms with E-state index >= 15 is 0 Å². The van der Waals surface area contributed by atoms with E-state index in [1.54, 1.807) is 0 Å². The molecule has 0 fully saturated rings. The Kier molecular flexibility index (Phi) is 4.52. The first-order chi connectivity index (χ1) is 16.9. The number of hydrogen-bond donors (Lipinski definition) is 0. The molecule has 0 aromatic heterocycles. The summed E-state index contributed by atoms with van der Waals surface area (Å²) in [6.07, 6.45) is 2.10. The normalized spacial score (nSPS) is 17.8. The van der Waals surface area contributed by atoms with Crippen LogP contribution >= 0.6 is 0 Å². The van der Waals surface area contributed by atoms with Gasteiger partial charge in [-0.1, -0.05) is 121 Å². The van der Waals surface area contributed by atoms with Crippen LogP contribution < -0.4 is 0 Å². The summed E-state index contributed by atoms with van der Waals surface area (Å²) in [4.78, 5) is 0. The third kappa shape index (κ3) is 3.06. The number of benzene rings is 5. The predicted molar refractivity (Wildman–Crippen MR) is 141 cm³/mol. The van der Waals surface area contributed by atoms with E-state index in [9.17, 15) is 0 Å². The molecule has 0 amide bonds. The van der Waals surface area contributed by atoms with E-state index in [0.717, 1.165) is 12.8 Å². The molecule has 0 heteroatoms. The molecule has 0 nitrogen and oxygen atoms in total. The summed E-state index contributed by atoms with van der Waals surface area (Å²) >= 11 is 0. The highest BCUT2D eigenvalue weighted by Crippen LogP contribution is 2.48. The van der Waals surface area contributed by atoms with Gasteiger partial charge in [0, 0.05) is 11.8 Å². The van der Waals surface area contributed by atoms with Crippen LogP contribution in [0.1, 0.15) is 45.2 Å². The minimum Gasteiger partial charge on any atom is -0.0622 e. The Morgan fingerprint density at radius 2 is 0.765 bits per heavy atom. The van der Waals surface area contributed by atoms with Crippen molar-refractivity contribution in [1.82, 2.24) is 0 Å². The van der Waals surface area contributed by atoms with Crippen LogP contribution in [0.2, 0.25) is 0 Å². The number of hydrogen-bond acceptors (Lipinski definition) is 0. The second kappa shape index (κ2) is 7.85. The maximum absolute atomic E-state index is 2.51. The monoisotopic (exact) mass is 434 g/mol. The first kappa shape index (κ1) is 19.6. The van der Waals surface area contributed by atoms with Crippen LogP contribution in [-0.2, 0) is 12.8 Å². The van der Waals surface area contributed by atoms with Gasteiger partial charge in [0.15, 0.2) is 0 Å². The Morgan fingerprint density at radius 1 is 0.382 bits per heavy atom. The Bertz CT molecular complexity index is 1380. The molecule has 7 rings (SSSR count). The van der Waals surface area contributed by atoms with Crippen LogP contribution in [0.3, 0.4) is 0 Å². The number of fused-ring (bicyclic) bond motifs is 6. The molecule has 34 heavy (non-hydrogen) atoms. The quantitative estimate of drug-likeness (QED) is 0.262. The lowest BCUT2D eigenvalue weighted by Gasteiger charge is -2.33. The zero-order valence-electron chi connectivity index (χ0n) is 19.1. The fraction of sp³-hybridized carbons (Fsp3) is 0.118. The van der Waals surface area contributed by atoms with Gasteiger partial charge >= 0.3 is 0 Å². The van der Waals surface area contributed by atoms with E-state index in [-0.39, 0.29) is 0 Å². The molecule has 0 aliphatic heterocycles. The van der Waals surface area contributed by atoms with Crippen molar-refractivity contribution in [3.8, 4) is 22.3 Å². The molecule has 2 atom stereocenters. The van der Waals surface area contributed by atoms with Crippen molar-refractivity contribution in [1.29, 1.82) is 0 Å². The summed E-state index contributed by atoms with van der Waals surface area (Å²) in [5, 5.41) is 0. The third-order valence-corrected chi connectivity index (χ3v) is 7.83. The molecule has 0 spiro atoms. The average molecular weight is 435 g/mol. The standard InChI is InChI=1S/C34H26/c1-3-11-23(12-4-1)31-19-25-21-34-26(22-33(25)29-17-9-7-15-27(29)31)20-32(24-13-5-2-6-14-24)28-16-8-10-18-30(28)34/h1-18,21-22,31-32H,19-20H2/t31-,32-/m0/s1.